The molecule has 0 spiro atoms. The van der Waals surface area contributed by atoms with Gasteiger partial charge in [-0.2, -0.15) is 0 Å². The average molecular weight is 251 g/mol. The van der Waals surface area contributed by atoms with Gasteiger partial charge < -0.3 is 15.4 Å². The third-order valence-corrected chi connectivity index (χ3v) is 2.39. The molecule has 0 atom stereocenters. The summed E-state index contributed by atoms with van der Waals surface area (Å²) in [6.45, 7) is 1.77. The van der Waals surface area contributed by atoms with Gasteiger partial charge in [0.25, 0.3) is 0 Å². The first-order valence-electron chi connectivity index (χ1n) is 5.99. The first-order chi connectivity index (χ1) is 8.61. The molecule has 1 rings (SSSR count). The van der Waals surface area contributed by atoms with Crippen molar-refractivity contribution in [3.63, 3.8) is 0 Å². The molecule has 1 amide bonds. The van der Waals surface area contributed by atoms with Gasteiger partial charge in [0.1, 0.15) is 0 Å². The third-order valence-electron chi connectivity index (χ3n) is 2.39. The van der Waals surface area contributed by atoms with E-state index in [1.807, 2.05) is 37.2 Å². The maximum atomic E-state index is 11.5. The highest BCUT2D eigenvalue weighted by Gasteiger charge is 2.03. The van der Waals surface area contributed by atoms with Crippen LogP contribution in [0.1, 0.15) is 12.0 Å². The van der Waals surface area contributed by atoms with Crippen molar-refractivity contribution < 1.29 is 9.53 Å². The van der Waals surface area contributed by atoms with Crippen LogP contribution in [-0.4, -0.2) is 38.2 Å². The van der Waals surface area contributed by atoms with Crippen LogP contribution in [0.3, 0.4) is 0 Å². The van der Waals surface area contributed by atoms with Crippen molar-refractivity contribution in [3.05, 3.63) is 29.8 Å². The molecule has 0 bridgehead atoms. The quantitative estimate of drug-likeness (QED) is 0.754. The molecular weight excluding hydrogens is 230 g/mol. The minimum atomic E-state index is -0.428. The lowest BCUT2D eigenvalue weighted by atomic mass is 10.2. The van der Waals surface area contributed by atoms with Gasteiger partial charge in [0, 0.05) is 18.8 Å². The largest absolute Gasteiger partial charge is 0.449 e. The Morgan fingerprint density at radius 3 is 2.89 bits per heavy atom. The summed E-state index contributed by atoms with van der Waals surface area (Å²) < 4.78 is 5.06. The fraction of sp³-hybridized carbons (Fsp3) is 0.462. The third kappa shape index (κ3) is 5.65. The molecule has 0 saturated carbocycles. The number of anilines is 1. The van der Waals surface area contributed by atoms with Gasteiger partial charge in [-0.25, -0.2) is 4.79 Å². The summed E-state index contributed by atoms with van der Waals surface area (Å²) in [5.41, 5.74) is 7.20. The van der Waals surface area contributed by atoms with Crippen molar-refractivity contribution in [1.29, 1.82) is 0 Å². The molecule has 0 saturated heterocycles. The Bertz CT molecular complexity index is 380. The molecule has 18 heavy (non-hydrogen) atoms. The number of amides is 1. The molecule has 0 fully saturated rings. The van der Waals surface area contributed by atoms with Gasteiger partial charge in [0.15, 0.2) is 0 Å². The number of carbonyl (C=O) groups excluding carboxylic acids is 1. The molecular formula is C13H21N3O2. The molecule has 100 valence electrons. The van der Waals surface area contributed by atoms with E-state index in [2.05, 4.69) is 5.32 Å². The summed E-state index contributed by atoms with van der Waals surface area (Å²) >= 11 is 0. The van der Waals surface area contributed by atoms with Crippen LogP contribution in [0.5, 0.6) is 0 Å². The lowest BCUT2D eigenvalue weighted by molar-refractivity contribution is 0.156. The highest BCUT2D eigenvalue weighted by molar-refractivity contribution is 5.84. The zero-order valence-corrected chi connectivity index (χ0v) is 11.0. The Morgan fingerprint density at radius 2 is 2.22 bits per heavy atom. The summed E-state index contributed by atoms with van der Waals surface area (Å²) in [4.78, 5) is 13.5. The van der Waals surface area contributed by atoms with Gasteiger partial charge in [-0.15, -0.1) is 0 Å². The van der Waals surface area contributed by atoms with Crippen LogP contribution in [0.2, 0.25) is 0 Å². The first kappa shape index (κ1) is 14.5. The zero-order valence-electron chi connectivity index (χ0n) is 11.0. The summed E-state index contributed by atoms with van der Waals surface area (Å²) in [6.07, 6.45) is 0.395. The molecule has 5 nitrogen and oxygen atoms in total. The molecule has 0 heterocycles. The van der Waals surface area contributed by atoms with Crippen LogP contribution in [-0.2, 0) is 11.3 Å². The van der Waals surface area contributed by atoms with Crippen molar-refractivity contribution >= 4 is 11.8 Å². The van der Waals surface area contributed by atoms with Gasteiger partial charge in [0.2, 0.25) is 0 Å². The molecule has 0 aliphatic carbocycles. The monoisotopic (exact) mass is 251 g/mol. The van der Waals surface area contributed by atoms with Crippen LogP contribution >= 0.6 is 0 Å². The number of nitrogens with zero attached hydrogens (tertiary/aromatic N) is 1. The minimum absolute atomic E-state index is 0.417. The van der Waals surface area contributed by atoms with E-state index in [-0.39, 0.29) is 0 Å². The number of nitrogens with two attached hydrogens (primary N) is 1. The summed E-state index contributed by atoms with van der Waals surface area (Å²) in [7, 11) is 3.97. The molecule has 1 aromatic rings. The Balaban J connectivity index is 2.30. The van der Waals surface area contributed by atoms with E-state index in [0.717, 1.165) is 18.5 Å². The van der Waals surface area contributed by atoms with E-state index in [1.54, 1.807) is 6.07 Å². The van der Waals surface area contributed by atoms with Gasteiger partial charge >= 0.3 is 6.09 Å². The fourth-order valence-electron chi connectivity index (χ4n) is 1.48. The molecule has 3 N–H and O–H groups in total. The van der Waals surface area contributed by atoms with E-state index in [1.165, 1.54) is 0 Å². The van der Waals surface area contributed by atoms with Crippen LogP contribution in [0.15, 0.2) is 24.3 Å². The molecule has 0 aliphatic heterocycles. The Labute approximate surface area is 108 Å². The van der Waals surface area contributed by atoms with E-state index >= 15 is 0 Å². The number of hydrogen-bond donors (Lipinski definition) is 2. The van der Waals surface area contributed by atoms with Crippen LogP contribution < -0.4 is 11.1 Å². The highest BCUT2D eigenvalue weighted by Crippen LogP contribution is 2.10. The van der Waals surface area contributed by atoms with Crippen LogP contribution in [0.25, 0.3) is 0 Å². The average Bonchev–Trinajstić information content (AvgIpc) is 2.34. The predicted octanol–water partition coefficient (Wildman–Crippen LogP) is 1.65. The van der Waals surface area contributed by atoms with Gasteiger partial charge in [-0.05, 0) is 38.2 Å². The fourth-order valence-corrected chi connectivity index (χ4v) is 1.48. The first-order valence-corrected chi connectivity index (χ1v) is 5.99. The number of hydrogen-bond acceptors (Lipinski definition) is 4. The normalized spacial score (nSPS) is 10.4. The standard InChI is InChI=1S/C13H21N3O2/c1-16(2)7-4-8-18-13(17)15-12-6-3-5-11(9-12)10-14/h3,5-6,9H,4,7-8,10,14H2,1-2H3,(H,15,17). The number of benzene rings is 1. The summed E-state index contributed by atoms with van der Waals surface area (Å²) in [5, 5.41) is 2.67. The Hall–Kier alpha value is -1.59. The maximum Gasteiger partial charge on any atom is 0.411 e. The zero-order chi connectivity index (χ0) is 13.4. The van der Waals surface area contributed by atoms with Gasteiger partial charge in [-0.1, -0.05) is 12.1 Å². The Morgan fingerprint density at radius 1 is 1.44 bits per heavy atom. The second kappa shape index (κ2) is 7.68. The number of rotatable bonds is 6. The summed E-state index contributed by atoms with van der Waals surface area (Å²) in [6, 6.07) is 7.40. The van der Waals surface area contributed by atoms with Crippen molar-refractivity contribution in [3.8, 4) is 0 Å². The van der Waals surface area contributed by atoms with Crippen molar-refractivity contribution in [2.24, 2.45) is 5.73 Å². The second-order valence-corrected chi connectivity index (χ2v) is 4.32. The number of ether oxygens (including phenoxy) is 1. The lowest BCUT2D eigenvalue weighted by Gasteiger charge is -2.10. The van der Waals surface area contributed by atoms with E-state index < -0.39 is 6.09 Å². The van der Waals surface area contributed by atoms with Gasteiger partial charge in [0.05, 0.1) is 6.61 Å². The molecule has 0 radical (unpaired) electrons. The van der Waals surface area contributed by atoms with E-state index in [4.69, 9.17) is 10.5 Å². The SMILES string of the molecule is CN(C)CCCOC(=O)Nc1cccc(CN)c1. The lowest BCUT2D eigenvalue weighted by Crippen LogP contribution is -2.18. The van der Waals surface area contributed by atoms with E-state index in [0.29, 0.717) is 18.8 Å². The molecule has 5 heteroatoms. The smallest absolute Gasteiger partial charge is 0.411 e. The molecule has 1 aromatic carbocycles. The second-order valence-electron chi connectivity index (χ2n) is 4.32. The van der Waals surface area contributed by atoms with E-state index in [9.17, 15) is 4.79 Å². The molecule has 0 aromatic heterocycles. The highest BCUT2D eigenvalue weighted by atomic mass is 16.5. The van der Waals surface area contributed by atoms with Crippen LogP contribution in [0, 0.1) is 0 Å². The summed E-state index contributed by atoms with van der Waals surface area (Å²) in [5.74, 6) is 0. The molecule has 0 aliphatic rings. The van der Waals surface area contributed by atoms with Gasteiger partial charge in [-0.3, -0.25) is 5.32 Å². The van der Waals surface area contributed by atoms with Crippen molar-refractivity contribution in [2.75, 3.05) is 32.6 Å². The van der Waals surface area contributed by atoms with Crippen molar-refractivity contribution in [1.82, 2.24) is 4.90 Å². The maximum absolute atomic E-state index is 11.5. The van der Waals surface area contributed by atoms with Crippen LogP contribution in [0.4, 0.5) is 10.5 Å². The predicted molar refractivity (Wildman–Crippen MR) is 72.5 cm³/mol. The molecule has 0 unspecified atom stereocenters. The topological polar surface area (TPSA) is 67.6 Å². The van der Waals surface area contributed by atoms with Crippen molar-refractivity contribution in [2.45, 2.75) is 13.0 Å². The Kier molecular flexibility index (Phi) is 6.18. The number of nitrogens with one attached hydrogen (secondary N) is 1. The number of carbonyl (C=O) groups is 1. The minimum Gasteiger partial charge on any atom is -0.449 e.